The van der Waals surface area contributed by atoms with E-state index in [2.05, 4.69) is 16.3 Å². The Morgan fingerprint density at radius 3 is 2.70 bits per heavy atom. The van der Waals surface area contributed by atoms with Gasteiger partial charge in [-0.3, -0.25) is 0 Å². The molecule has 0 atom stereocenters. The SMILES string of the molecule is FC(F)(F)OC1=N[C]CS1. The zero-order chi connectivity index (χ0) is 7.61. The fraction of sp³-hybridized carbons (Fsp3) is 0.500. The van der Waals surface area contributed by atoms with Crippen molar-refractivity contribution in [1.82, 2.24) is 0 Å². The second-order valence-corrected chi connectivity index (χ2v) is 2.30. The second kappa shape index (κ2) is 2.69. The number of aliphatic imine (C=N–C) groups is 1. The highest BCUT2D eigenvalue weighted by molar-refractivity contribution is 8.13. The Hall–Kier alpha value is -0.390. The molecule has 0 aromatic carbocycles. The third-order valence-corrected chi connectivity index (χ3v) is 1.33. The summed E-state index contributed by atoms with van der Waals surface area (Å²) in [5.41, 5.74) is 0. The molecule has 2 nitrogen and oxygen atoms in total. The number of alkyl halides is 3. The fourth-order valence-corrected chi connectivity index (χ4v) is 0.909. The summed E-state index contributed by atoms with van der Waals surface area (Å²) in [6, 6.07) is 0. The molecule has 10 heavy (non-hydrogen) atoms. The van der Waals surface area contributed by atoms with Gasteiger partial charge in [-0.25, -0.2) is 4.99 Å². The molecule has 0 aromatic heterocycles. The average Bonchev–Trinajstić information content (AvgIpc) is 2.12. The van der Waals surface area contributed by atoms with Crippen LogP contribution < -0.4 is 0 Å². The number of hydrogen-bond donors (Lipinski definition) is 0. The Kier molecular flexibility index (Phi) is 2.08. The van der Waals surface area contributed by atoms with Crippen molar-refractivity contribution in [2.24, 2.45) is 4.99 Å². The van der Waals surface area contributed by atoms with Gasteiger partial charge in [-0.1, -0.05) is 11.8 Å². The van der Waals surface area contributed by atoms with Crippen LogP contribution in [0.25, 0.3) is 0 Å². The minimum absolute atomic E-state index is 0.325. The quantitative estimate of drug-likeness (QED) is 0.550. The molecule has 0 aliphatic carbocycles. The standard InChI is InChI=1S/C4H2F3NOS/c5-4(6,7)9-3-8-1-2-10-3/h2H2. The first-order chi connectivity index (χ1) is 4.58. The van der Waals surface area contributed by atoms with Crippen LogP contribution in [0.15, 0.2) is 4.99 Å². The molecule has 1 rings (SSSR count). The van der Waals surface area contributed by atoms with Crippen molar-refractivity contribution in [1.29, 1.82) is 0 Å². The number of nitrogens with zero attached hydrogens (tertiary/aromatic N) is 1. The van der Waals surface area contributed by atoms with Gasteiger partial charge in [0.25, 0.3) is 5.23 Å². The molecular formula is C4H2F3NOS. The third kappa shape index (κ3) is 2.47. The summed E-state index contributed by atoms with van der Waals surface area (Å²) in [6.45, 7) is 2.32. The smallest absolute Gasteiger partial charge is 0.382 e. The number of ether oxygens (including phenoxy) is 1. The molecule has 0 saturated heterocycles. The predicted molar refractivity (Wildman–Crippen MR) is 30.3 cm³/mol. The van der Waals surface area contributed by atoms with Gasteiger partial charge in [0.1, 0.15) is 6.54 Å². The molecule has 1 heterocycles. The van der Waals surface area contributed by atoms with Crippen LogP contribution in [0, 0.1) is 6.54 Å². The van der Waals surface area contributed by atoms with Crippen molar-refractivity contribution in [2.45, 2.75) is 6.36 Å². The molecule has 0 fully saturated rings. The van der Waals surface area contributed by atoms with Gasteiger partial charge in [-0.05, 0) is 0 Å². The highest BCUT2D eigenvalue weighted by Crippen LogP contribution is 2.24. The summed E-state index contributed by atoms with van der Waals surface area (Å²) < 4.78 is 37.5. The van der Waals surface area contributed by atoms with Crippen molar-refractivity contribution in [3.05, 3.63) is 6.54 Å². The molecule has 0 amide bonds. The van der Waals surface area contributed by atoms with Crippen LogP contribution in [-0.4, -0.2) is 17.3 Å². The van der Waals surface area contributed by atoms with E-state index in [1.54, 1.807) is 0 Å². The second-order valence-electron chi connectivity index (χ2n) is 1.37. The normalized spacial score (nSPS) is 18.9. The van der Waals surface area contributed by atoms with Gasteiger partial charge in [0.05, 0.1) is 0 Å². The van der Waals surface area contributed by atoms with Crippen LogP contribution in [0.2, 0.25) is 0 Å². The zero-order valence-electron chi connectivity index (χ0n) is 4.60. The summed E-state index contributed by atoms with van der Waals surface area (Å²) >= 11 is 0.866. The van der Waals surface area contributed by atoms with E-state index < -0.39 is 6.36 Å². The summed E-state index contributed by atoms with van der Waals surface area (Å²) in [5.74, 6) is 0.325. The minimum Gasteiger partial charge on any atom is -0.382 e. The first-order valence-electron chi connectivity index (χ1n) is 2.27. The van der Waals surface area contributed by atoms with Crippen molar-refractivity contribution in [3.8, 4) is 0 Å². The lowest BCUT2D eigenvalue weighted by Gasteiger charge is -2.05. The van der Waals surface area contributed by atoms with Crippen LogP contribution in [0.3, 0.4) is 0 Å². The molecule has 0 spiro atoms. The van der Waals surface area contributed by atoms with Crippen molar-refractivity contribution < 1.29 is 17.9 Å². The Morgan fingerprint density at radius 2 is 2.30 bits per heavy atom. The molecule has 6 heteroatoms. The van der Waals surface area contributed by atoms with Crippen LogP contribution in [0.4, 0.5) is 13.2 Å². The maximum absolute atomic E-state index is 11.4. The van der Waals surface area contributed by atoms with E-state index in [0.29, 0.717) is 5.75 Å². The van der Waals surface area contributed by atoms with Crippen molar-refractivity contribution >= 4 is 17.0 Å². The van der Waals surface area contributed by atoms with Gasteiger partial charge >= 0.3 is 6.36 Å². The van der Waals surface area contributed by atoms with E-state index in [-0.39, 0.29) is 5.23 Å². The van der Waals surface area contributed by atoms with Crippen LogP contribution in [0.1, 0.15) is 0 Å². The lowest BCUT2D eigenvalue weighted by molar-refractivity contribution is -0.281. The number of hydrogen-bond acceptors (Lipinski definition) is 3. The molecule has 0 N–H and O–H groups in total. The molecule has 0 aromatic rings. The van der Waals surface area contributed by atoms with Gasteiger partial charge < -0.3 is 4.74 Å². The van der Waals surface area contributed by atoms with E-state index in [1.165, 1.54) is 0 Å². The number of halogens is 3. The Bertz CT molecular complexity index is 155. The fourth-order valence-electron chi connectivity index (χ4n) is 0.374. The maximum Gasteiger partial charge on any atom is 0.574 e. The molecule has 0 saturated carbocycles. The molecule has 0 unspecified atom stereocenters. The third-order valence-electron chi connectivity index (χ3n) is 0.634. The zero-order valence-corrected chi connectivity index (χ0v) is 5.42. The molecule has 0 bridgehead atoms. The van der Waals surface area contributed by atoms with E-state index in [4.69, 9.17) is 0 Å². The van der Waals surface area contributed by atoms with Crippen LogP contribution in [-0.2, 0) is 4.74 Å². The van der Waals surface area contributed by atoms with Crippen LogP contribution in [0.5, 0.6) is 0 Å². The van der Waals surface area contributed by atoms with E-state index in [1.807, 2.05) is 0 Å². The first-order valence-corrected chi connectivity index (χ1v) is 3.25. The number of thioether (sulfide) groups is 1. The highest BCUT2D eigenvalue weighted by atomic mass is 32.2. The Labute approximate surface area is 59.5 Å². The maximum atomic E-state index is 11.4. The molecule has 1 aliphatic heterocycles. The average molecular weight is 169 g/mol. The van der Waals surface area contributed by atoms with Gasteiger partial charge in [-0.2, -0.15) is 0 Å². The Balaban J connectivity index is 2.38. The van der Waals surface area contributed by atoms with Gasteiger partial charge in [0.2, 0.25) is 0 Å². The molecule has 1 aliphatic rings. The first kappa shape index (κ1) is 7.71. The van der Waals surface area contributed by atoms with E-state index in [0.717, 1.165) is 11.8 Å². The topological polar surface area (TPSA) is 21.6 Å². The van der Waals surface area contributed by atoms with E-state index >= 15 is 0 Å². The predicted octanol–water partition coefficient (Wildman–Crippen LogP) is 1.66. The Morgan fingerprint density at radius 1 is 1.60 bits per heavy atom. The summed E-state index contributed by atoms with van der Waals surface area (Å²) in [6.07, 6.45) is -4.63. The van der Waals surface area contributed by atoms with Crippen LogP contribution >= 0.6 is 11.8 Å². The van der Waals surface area contributed by atoms with Gasteiger partial charge in [0, 0.05) is 5.75 Å². The highest BCUT2D eigenvalue weighted by Gasteiger charge is 2.33. The van der Waals surface area contributed by atoms with Crippen molar-refractivity contribution in [2.75, 3.05) is 5.75 Å². The lowest BCUT2D eigenvalue weighted by Crippen LogP contribution is -2.16. The van der Waals surface area contributed by atoms with Gasteiger partial charge in [0.15, 0.2) is 0 Å². The van der Waals surface area contributed by atoms with Crippen molar-refractivity contribution in [3.63, 3.8) is 0 Å². The van der Waals surface area contributed by atoms with E-state index in [9.17, 15) is 13.2 Å². The summed E-state index contributed by atoms with van der Waals surface area (Å²) in [5, 5.41) is -0.382. The minimum atomic E-state index is -4.63. The summed E-state index contributed by atoms with van der Waals surface area (Å²) in [7, 11) is 0. The monoisotopic (exact) mass is 169 g/mol. The molecule has 56 valence electrons. The summed E-state index contributed by atoms with van der Waals surface area (Å²) in [4.78, 5) is 3.21. The van der Waals surface area contributed by atoms with Gasteiger partial charge in [-0.15, -0.1) is 13.2 Å². The lowest BCUT2D eigenvalue weighted by atomic mass is 10.8. The number of rotatable bonds is 0. The molecular weight excluding hydrogens is 167 g/mol. The molecule has 2 radical (unpaired) electrons. The largest absolute Gasteiger partial charge is 0.574 e.